The topological polar surface area (TPSA) is 77.0 Å². The smallest absolute Gasteiger partial charge is 0.320 e. The number of nitrogens with one attached hydrogen (secondary N) is 1. The molecule has 0 aliphatic rings. The van der Waals surface area contributed by atoms with E-state index in [9.17, 15) is 4.39 Å². The Bertz CT molecular complexity index is 524. The lowest BCUT2D eigenvalue weighted by Gasteiger charge is -2.04. The van der Waals surface area contributed by atoms with Crippen LogP contribution in [-0.2, 0) is 0 Å². The van der Waals surface area contributed by atoms with E-state index in [4.69, 9.17) is 10.2 Å². The number of aryl methyl sites for hydroxylation is 1. The van der Waals surface area contributed by atoms with Crippen LogP contribution < -0.4 is 11.1 Å². The quantitative estimate of drug-likeness (QED) is 0.854. The van der Waals surface area contributed by atoms with Gasteiger partial charge in [0.15, 0.2) is 0 Å². The van der Waals surface area contributed by atoms with Crippen LogP contribution in [0.15, 0.2) is 22.6 Å². The van der Waals surface area contributed by atoms with Crippen LogP contribution in [0.5, 0.6) is 0 Å². The minimum atomic E-state index is -0.347. The highest BCUT2D eigenvalue weighted by atomic mass is 19.1. The first-order chi connectivity index (χ1) is 8.08. The molecule has 0 saturated heterocycles. The Kier molecular flexibility index (Phi) is 3.06. The summed E-state index contributed by atoms with van der Waals surface area (Å²) < 4.78 is 18.9. The molecule has 0 spiro atoms. The first-order valence-electron chi connectivity index (χ1n) is 5.19. The summed E-state index contributed by atoms with van der Waals surface area (Å²) in [5.74, 6) is -0.0337. The third-order valence-corrected chi connectivity index (χ3v) is 2.26. The van der Waals surface area contributed by atoms with E-state index in [-0.39, 0.29) is 17.9 Å². The third kappa shape index (κ3) is 2.42. The Morgan fingerprint density at radius 3 is 2.82 bits per heavy atom. The standard InChI is InChI=1S/C11H13FN4O/c1-6-4-3-5-8(9(6)12)14-11-16-15-10(17-11)7(2)13/h3-5,7H,13H2,1-2H3,(H,14,16). The van der Waals surface area contributed by atoms with E-state index >= 15 is 0 Å². The Hall–Kier alpha value is -1.95. The molecule has 1 aromatic carbocycles. The van der Waals surface area contributed by atoms with Crippen molar-refractivity contribution in [2.24, 2.45) is 5.73 Å². The molecule has 5 nitrogen and oxygen atoms in total. The zero-order valence-corrected chi connectivity index (χ0v) is 9.57. The van der Waals surface area contributed by atoms with E-state index in [1.165, 1.54) is 0 Å². The van der Waals surface area contributed by atoms with Gasteiger partial charge in [-0.3, -0.25) is 0 Å². The van der Waals surface area contributed by atoms with Crippen LogP contribution in [0, 0.1) is 12.7 Å². The number of benzene rings is 1. The molecule has 0 aliphatic heterocycles. The van der Waals surface area contributed by atoms with Crippen molar-refractivity contribution < 1.29 is 8.81 Å². The second kappa shape index (κ2) is 4.50. The number of anilines is 2. The van der Waals surface area contributed by atoms with Crippen LogP contribution in [0.1, 0.15) is 24.4 Å². The number of hydrogen-bond donors (Lipinski definition) is 2. The Labute approximate surface area is 97.8 Å². The zero-order valence-electron chi connectivity index (χ0n) is 9.57. The maximum absolute atomic E-state index is 13.7. The second-order valence-electron chi connectivity index (χ2n) is 3.80. The van der Waals surface area contributed by atoms with Gasteiger partial charge in [0.1, 0.15) is 5.82 Å². The summed E-state index contributed by atoms with van der Waals surface area (Å²) in [6.45, 7) is 3.41. The van der Waals surface area contributed by atoms with Gasteiger partial charge in [0.2, 0.25) is 5.89 Å². The monoisotopic (exact) mass is 236 g/mol. The van der Waals surface area contributed by atoms with Gasteiger partial charge in [0, 0.05) is 0 Å². The minimum Gasteiger partial charge on any atom is -0.406 e. The van der Waals surface area contributed by atoms with Crippen molar-refractivity contribution in [3.8, 4) is 0 Å². The average molecular weight is 236 g/mol. The van der Waals surface area contributed by atoms with Crippen LogP contribution in [0.25, 0.3) is 0 Å². The highest BCUT2D eigenvalue weighted by molar-refractivity contribution is 5.54. The van der Waals surface area contributed by atoms with Gasteiger partial charge in [-0.05, 0) is 25.5 Å². The van der Waals surface area contributed by atoms with Gasteiger partial charge in [0.05, 0.1) is 11.7 Å². The van der Waals surface area contributed by atoms with E-state index in [1.54, 1.807) is 32.0 Å². The Balaban J connectivity index is 2.22. The predicted octanol–water partition coefficient (Wildman–Crippen LogP) is 2.28. The molecule has 3 N–H and O–H groups in total. The highest BCUT2D eigenvalue weighted by Crippen LogP contribution is 2.21. The second-order valence-corrected chi connectivity index (χ2v) is 3.80. The van der Waals surface area contributed by atoms with E-state index in [2.05, 4.69) is 15.5 Å². The molecular formula is C11H13FN4O. The number of hydrogen-bond acceptors (Lipinski definition) is 5. The number of nitrogens with two attached hydrogens (primary N) is 1. The normalized spacial score (nSPS) is 12.5. The molecule has 6 heteroatoms. The summed E-state index contributed by atoms with van der Waals surface area (Å²) in [6.07, 6.45) is 0. The molecule has 2 aromatic rings. The largest absolute Gasteiger partial charge is 0.406 e. The fraction of sp³-hybridized carbons (Fsp3) is 0.273. The lowest BCUT2D eigenvalue weighted by molar-refractivity contribution is 0.475. The Morgan fingerprint density at radius 1 is 1.41 bits per heavy atom. The van der Waals surface area contributed by atoms with Crippen molar-refractivity contribution in [3.63, 3.8) is 0 Å². The first kappa shape index (κ1) is 11.5. The molecule has 1 unspecified atom stereocenters. The summed E-state index contributed by atoms with van der Waals surface area (Å²) in [5, 5.41) is 10.2. The lowest BCUT2D eigenvalue weighted by atomic mass is 10.2. The summed E-state index contributed by atoms with van der Waals surface area (Å²) in [5.41, 5.74) is 6.42. The van der Waals surface area contributed by atoms with E-state index in [0.29, 0.717) is 17.1 Å². The van der Waals surface area contributed by atoms with Crippen molar-refractivity contribution >= 4 is 11.7 Å². The molecule has 0 fully saturated rings. The molecule has 0 aliphatic carbocycles. The maximum atomic E-state index is 13.7. The number of rotatable bonds is 3. The SMILES string of the molecule is Cc1cccc(Nc2nnc(C(C)N)o2)c1F. The van der Waals surface area contributed by atoms with E-state index < -0.39 is 0 Å². The maximum Gasteiger partial charge on any atom is 0.320 e. The molecule has 17 heavy (non-hydrogen) atoms. The predicted molar refractivity (Wildman–Crippen MR) is 61.3 cm³/mol. The molecule has 0 bridgehead atoms. The molecule has 0 radical (unpaired) electrons. The molecular weight excluding hydrogens is 223 g/mol. The van der Waals surface area contributed by atoms with Crippen molar-refractivity contribution in [2.45, 2.75) is 19.9 Å². The fourth-order valence-electron chi connectivity index (χ4n) is 1.33. The van der Waals surface area contributed by atoms with Crippen LogP contribution in [0.4, 0.5) is 16.1 Å². The van der Waals surface area contributed by atoms with Gasteiger partial charge in [-0.1, -0.05) is 17.2 Å². The molecule has 1 heterocycles. The van der Waals surface area contributed by atoms with Crippen molar-refractivity contribution in [3.05, 3.63) is 35.5 Å². The minimum absolute atomic E-state index is 0.127. The van der Waals surface area contributed by atoms with Crippen LogP contribution in [0.2, 0.25) is 0 Å². The fourth-order valence-corrected chi connectivity index (χ4v) is 1.33. The van der Waals surface area contributed by atoms with Crippen LogP contribution in [0.3, 0.4) is 0 Å². The highest BCUT2D eigenvalue weighted by Gasteiger charge is 2.12. The van der Waals surface area contributed by atoms with Crippen molar-refractivity contribution in [2.75, 3.05) is 5.32 Å². The van der Waals surface area contributed by atoms with Crippen molar-refractivity contribution in [1.29, 1.82) is 0 Å². The summed E-state index contributed by atoms with van der Waals surface area (Å²) in [4.78, 5) is 0. The number of halogens is 1. The third-order valence-electron chi connectivity index (χ3n) is 2.26. The first-order valence-corrected chi connectivity index (χ1v) is 5.19. The molecule has 1 atom stereocenters. The van der Waals surface area contributed by atoms with E-state index in [0.717, 1.165) is 0 Å². The van der Waals surface area contributed by atoms with Crippen LogP contribution in [-0.4, -0.2) is 10.2 Å². The van der Waals surface area contributed by atoms with Gasteiger partial charge in [0.25, 0.3) is 0 Å². The zero-order chi connectivity index (χ0) is 12.4. The van der Waals surface area contributed by atoms with E-state index in [1.807, 2.05) is 0 Å². The molecule has 2 rings (SSSR count). The van der Waals surface area contributed by atoms with Gasteiger partial charge in [-0.25, -0.2) is 4.39 Å². The summed E-state index contributed by atoms with van der Waals surface area (Å²) in [7, 11) is 0. The molecule has 1 aromatic heterocycles. The van der Waals surface area contributed by atoms with Gasteiger partial charge < -0.3 is 15.5 Å². The van der Waals surface area contributed by atoms with Gasteiger partial charge in [-0.2, -0.15) is 0 Å². The van der Waals surface area contributed by atoms with Gasteiger partial charge >= 0.3 is 6.01 Å². The molecule has 0 saturated carbocycles. The summed E-state index contributed by atoms with van der Waals surface area (Å²) >= 11 is 0. The molecule has 0 amide bonds. The number of nitrogens with zero attached hydrogens (tertiary/aromatic N) is 2. The number of aromatic nitrogens is 2. The summed E-state index contributed by atoms with van der Waals surface area (Å²) in [6, 6.07) is 4.80. The molecule has 90 valence electrons. The van der Waals surface area contributed by atoms with Gasteiger partial charge in [-0.15, -0.1) is 5.10 Å². The van der Waals surface area contributed by atoms with Crippen LogP contribution >= 0.6 is 0 Å². The Morgan fingerprint density at radius 2 is 2.18 bits per heavy atom. The average Bonchev–Trinajstić information content (AvgIpc) is 2.73. The van der Waals surface area contributed by atoms with Crippen molar-refractivity contribution in [1.82, 2.24) is 10.2 Å². The lowest BCUT2D eigenvalue weighted by Crippen LogP contribution is -2.04.